The lowest BCUT2D eigenvalue weighted by atomic mass is 10.1. The molecule has 4 aromatic rings. The van der Waals surface area contributed by atoms with Crippen molar-refractivity contribution in [2.24, 2.45) is 0 Å². The second kappa shape index (κ2) is 7.87. The zero-order valence-electron chi connectivity index (χ0n) is 16.9. The molecular formula is C23H21N3O4. The number of amides is 1. The maximum absolute atomic E-state index is 12.9. The maximum Gasteiger partial charge on any atom is 0.337 e. The Kier molecular flexibility index (Phi) is 5.10. The van der Waals surface area contributed by atoms with Crippen LogP contribution in [0.2, 0.25) is 0 Å². The second-order valence-electron chi connectivity index (χ2n) is 6.92. The van der Waals surface area contributed by atoms with E-state index in [0.717, 1.165) is 22.6 Å². The van der Waals surface area contributed by atoms with Crippen LogP contribution in [0.4, 0.5) is 0 Å². The van der Waals surface area contributed by atoms with Gasteiger partial charge in [0.2, 0.25) is 0 Å². The van der Waals surface area contributed by atoms with Crippen molar-refractivity contribution in [1.82, 2.24) is 15.1 Å². The number of para-hydroxylation sites is 1. The quantitative estimate of drug-likeness (QED) is 0.515. The second-order valence-corrected chi connectivity index (χ2v) is 6.92. The van der Waals surface area contributed by atoms with E-state index < -0.39 is 5.63 Å². The molecule has 30 heavy (non-hydrogen) atoms. The number of methoxy groups -OCH3 is 1. The highest BCUT2D eigenvalue weighted by Crippen LogP contribution is 2.23. The molecule has 2 aromatic carbocycles. The molecule has 0 spiro atoms. The van der Waals surface area contributed by atoms with Gasteiger partial charge in [0.15, 0.2) is 0 Å². The number of aromatic nitrogens is 2. The zero-order chi connectivity index (χ0) is 21.3. The Hall–Kier alpha value is -3.87. The van der Waals surface area contributed by atoms with E-state index >= 15 is 0 Å². The lowest BCUT2D eigenvalue weighted by Gasteiger charge is -2.09. The smallest absolute Gasteiger partial charge is 0.337 e. The minimum atomic E-state index is -0.592. The van der Waals surface area contributed by atoms with Crippen LogP contribution in [0.15, 0.2) is 63.8 Å². The van der Waals surface area contributed by atoms with Gasteiger partial charge in [-0.1, -0.05) is 18.2 Å². The van der Waals surface area contributed by atoms with Crippen molar-refractivity contribution in [2.45, 2.75) is 20.4 Å². The number of carbonyl (C=O) groups is 1. The molecule has 0 unspecified atom stereocenters. The standard InChI is InChI=1S/C23H21N3O4/c1-14-20(15(2)26(25-14)16-7-5-4-6-8-16)13-24-23(28)19-12-22(27)30-21-11-17(29-3)9-10-18(19)21/h4-12H,13H2,1-3H3,(H,24,28). The van der Waals surface area contributed by atoms with E-state index in [0.29, 0.717) is 23.3 Å². The lowest BCUT2D eigenvalue weighted by Crippen LogP contribution is -2.24. The molecule has 7 heteroatoms. The minimum absolute atomic E-state index is 0.259. The Labute approximate surface area is 172 Å². The number of benzene rings is 2. The van der Waals surface area contributed by atoms with Gasteiger partial charge in [-0.05, 0) is 38.1 Å². The number of nitrogens with zero attached hydrogens (tertiary/aromatic N) is 2. The molecule has 0 radical (unpaired) electrons. The molecule has 2 heterocycles. The largest absolute Gasteiger partial charge is 0.497 e. The van der Waals surface area contributed by atoms with E-state index in [2.05, 4.69) is 10.4 Å². The van der Waals surface area contributed by atoms with Gasteiger partial charge in [-0.25, -0.2) is 9.48 Å². The lowest BCUT2D eigenvalue weighted by molar-refractivity contribution is 0.0952. The van der Waals surface area contributed by atoms with E-state index in [1.165, 1.54) is 13.2 Å². The summed E-state index contributed by atoms with van der Waals surface area (Å²) in [4.78, 5) is 24.8. The van der Waals surface area contributed by atoms with Gasteiger partial charge in [0.25, 0.3) is 5.91 Å². The molecule has 1 amide bonds. The van der Waals surface area contributed by atoms with Crippen molar-refractivity contribution in [3.05, 3.63) is 87.5 Å². The molecule has 2 aromatic heterocycles. The fourth-order valence-electron chi connectivity index (χ4n) is 3.47. The first-order valence-corrected chi connectivity index (χ1v) is 9.48. The van der Waals surface area contributed by atoms with Crippen LogP contribution < -0.4 is 15.7 Å². The van der Waals surface area contributed by atoms with Crippen LogP contribution in [0.25, 0.3) is 16.7 Å². The Morgan fingerprint density at radius 3 is 2.63 bits per heavy atom. The van der Waals surface area contributed by atoms with E-state index in [1.54, 1.807) is 18.2 Å². The molecule has 7 nitrogen and oxygen atoms in total. The number of ether oxygens (including phenoxy) is 1. The number of aryl methyl sites for hydroxylation is 1. The molecule has 0 fully saturated rings. The zero-order valence-corrected chi connectivity index (χ0v) is 16.9. The molecule has 0 saturated heterocycles. The Bertz CT molecular complexity index is 1290. The first-order valence-electron chi connectivity index (χ1n) is 9.48. The Morgan fingerprint density at radius 2 is 1.90 bits per heavy atom. The van der Waals surface area contributed by atoms with Gasteiger partial charge in [-0.3, -0.25) is 4.79 Å². The molecule has 0 saturated carbocycles. The van der Waals surface area contributed by atoms with E-state index in [1.807, 2.05) is 48.9 Å². The van der Waals surface area contributed by atoms with Crippen molar-refractivity contribution < 1.29 is 13.9 Å². The summed E-state index contributed by atoms with van der Waals surface area (Å²) in [5, 5.41) is 8.05. The van der Waals surface area contributed by atoms with E-state index in [4.69, 9.17) is 9.15 Å². The van der Waals surface area contributed by atoms with Crippen molar-refractivity contribution in [3.8, 4) is 11.4 Å². The number of rotatable bonds is 5. The predicted octanol–water partition coefficient (Wildman–Crippen LogP) is 3.53. The van der Waals surface area contributed by atoms with Crippen LogP contribution in [0.1, 0.15) is 27.3 Å². The van der Waals surface area contributed by atoms with Crippen LogP contribution in [0.3, 0.4) is 0 Å². The first-order chi connectivity index (χ1) is 14.5. The fourth-order valence-corrected chi connectivity index (χ4v) is 3.47. The number of hydrogen-bond acceptors (Lipinski definition) is 5. The summed E-state index contributed by atoms with van der Waals surface area (Å²) < 4.78 is 12.2. The fraction of sp³-hybridized carbons (Fsp3) is 0.174. The van der Waals surface area contributed by atoms with E-state index in [9.17, 15) is 9.59 Å². The maximum atomic E-state index is 12.9. The van der Waals surface area contributed by atoms with Gasteiger partial charge in [0.1, 0.15) is 11.3 Å². The number of hydrogen-bond donors (Lipinski definition) is 1. The molecule has 0 bridgehead atoms. The normalized spacial score (nSPS) is 10.9. The SMILES string of the molecule is COc1ccc2c(C(=O)NCc3c(C)nn(-c4ccccc4)c3C)cc(=O)oc2c1. The van der Waals surface area contributed by atoms with Crippen LogP contribution in [-0.4, -0.2) is 22.8 Å². The monoisotopic (exact) mass is 403 g/mol. The molecule has 0 atom stereocenters. The molecule has 1 N–H and O–H groups in total. The van der Waals surface area contributed by atoms with Crippen molar-refractivity contribution in [3.63, 3.8) is 0 Å². The summed E-state index contributed by atoms with van der Waals surface area (Å²) in [5.41, 5.74) is 3.63. The average molecular weight is 403 g/mol. The van der Waals surface area contributed by atoms with Gasteiger partial charge < -0.3 is 14.5 Å². The topological polar surface area (TPSA) is 86.4 Å². The summed E-state index contributed by atoms with van der Waals surface area (Å²) >= 11 is 0. The highest BCUT2D eigenvalue weighted by Gasteiger charge is 2.17. The predicted molar refractivity (Wildman–Crippen MR) is 113 cm³/mol. The highest BCUT2D eigenvalue weighted by molar-refractivity contribution is 6.05. The molecule has 0 aliphatic rings. The van der Waals surface area contributed by atoms with Crippen molar-refractivity contribution in [2.75, 3.05) is 7.11 Å². The van der Waals surface area contributed by atoms with Crippen LogP contribution in [-0.2, 0) is 6.54 Å². The summed E-state index contributed by atoms with van der Waals surface area (Å²) in [7, 11) is 1.52. The number of carbonyl (C=O) groups excluding carboxylic acids is 1. The van der Waals surface area contributed by atoms with E-state index in [-0.39, 0.29) is 11.5 Å². The minimum Gasteiger partial charge on any atom is -0.497 e. The van der Waals surface area contributed by atoms with Gasteiger partial charge >= 0.3 is 5.63 Å². The van der Waals surface area contributed by atoms with Gasteiger partial charge in [-0.2, -0.15) is 5.10 Å². The molecule has 0 aliphatic heterocycles. The first kappa shape index (κ1) is 19.4. The average Bonchev–Trinajstić information content (AvgIpc) is 3.04. The number of fused-ring (bicyclic) bond motifs is 1. The van der Waals surface area contributed by atoms with Gasteiger partial charge in [-0.15, -0.1) is 0 Å². The van der Waals surface area contributed by atoms with Crippen molar-refractivity contribution >= 4 is 16.9 Å². The molecular weight excluding hydrogens is 382 g/mol. The number of nitrogens with one attached hydrogen (secondary N) is 1. The van der Waals surface area contributed by atoms with Crippen LogP contribution in [0, 0.1) is 13.8 Å². The third-order valence-corrected chi connectivity index (χ3v) is 5.06. The third-order valence-electron chi connectivity index (χ3n) is 5.06. The Balaban J connectivity index is 1.62. The summed E-state index contributed by atoms with van der Waals surface area (Å²) in [6.07, 6.45) is 0. The van der Waals surface area contributed by atoms with Crippen molar-refractivity contribution in [1.29, 1.82) is 0 Å². The molecule has 0 aliphatic carbocycles. The summed E-state index contributed by atoms with van der Waals surface area (Å²) in [6.45, 7) is 4.17. The van der Waals surface area contributed by atoms with Gasteiger partial charge in [0.05, 0.1) is 24.1 Å². The molecule has 152 valence electrons. The third kappa shape index (κ3) is 3.57. The Morgan fingerprint density at radius 1 is 1.13 bits per heavy atom. The van der Waals surface area contributed by atoms with Gasteiger partial charge in [0, 0.05) is 35.3 Å². The summed E-state index contributed by atoms with van der Waals surface area (Å²) in [6, 6.07) is 16.0. The highest BCUT2D eigenvalue weighted by atomic mass is 16.5. The van der Waals surface area contributed by atoms with Crippen LogP contribution >= 0.6 is 0 Å². The molecule has 4 rings (SSSR count). The summed E-state index contributed by atoms with van der Waals surface area (Å²) in [5.74, 6) is 0.187. The van der Waals surface area contributed by atoms with Crippen LogP contribution in [0.5, 0.6) is 5.75 Å².